The summed E-state index contributed by atoms with van der Waals surface area (Å²) in [6, 6.07) is -0.0969. The van der Waals surface area contributed by atoms with E-state index >= 15 is 0 Å². The van der Waals surface area contributed by atoms with Crippen molar-refractivity contribution in [3.05, 3.63) is 0 Å². The highest BCUT2D eigenvalue weighted by Gasteiger charge is 2.19. The van der Waals surface area contributed by atoms with E-state index in [1.807, 2.05) is 4.90 Å². The molecule has 0 aromatic heterocycles. The zero-order valence-electron chi connectivity index (χ0n) is 13.0. The summed E-state index contributed by atoms with van der Waals surface area (Å²) in [6.45, 7) is 8.46. The molecule has 122 valence electrons. The Morgan fingerprint density at radius 2 is 2.00 bits per heavy atom. The van der Waals surface area contributed by atoms with E-state index in [1.165, 1.54) is 0 Å². The van der Waals surface area contributed by atoms with Gasteiger partial charge in [-0.15, -0.1) is 0 Å². The molecule has 1 heterocycles. The normalized spacial score (nSPS) is 16.8. The van der Waals surface area contributed by atoms with Crippen LogP contribution in [0.3, 0.4) is 0 Å². The van der Waals surface area contributed by atoms with E-state index in [0.29, 0.717) is 51.9 Å². The minimum absolute atomic E-state index is 0.0402. The van der Waals surface area contributed by atoms with Crippen LogP contribution in [0.25, 0.3) is 0 Å². The first kappa shape index (κ1) is 17.7. The summed E-state index contributed by atoms with van der Waals surface area (Å²) < 4.78 is 5.41. The van der Waals surface area contributed by atoms with E-state index < -0.39 is 5.97 Å². The molecule has 0 aromatic carbocycles. The fourth-order valence-corrected chi connectivity index (χ4v) is 2.18. The molecule has 1 saturated heterocycles. The summed E-state index contributed by atoms with van der Waals surface area (Å²) in [6.07, 6.45) is 0.796. The molecule has 0 bridgehead atoms. The first-order valence-electron chi connectivity index (χ1n) is 7.53. The molecule has 2 N–H and O–H groups in total. The zero-order chi connectivity index (χ0) is 15.7. The van der Waals surface area contributed by atoms with Gasteiger partial charge in [0.2, 0.25) is 0 Å². The van der Waals surface area contributed by atoms with Gasteiger partial charge >= 0.3 is 12.0 Å². The van der Waals surface area contributed by atoms with E-state index in [9.17, 15) is 9.59 Å². The van der Waals surface area contributed by atoms with Crippen LogP contribution < -0.4 is 5.32 Å². The molecule has 0 aromatic rings. The quantitative estimate of drug-likeness (QED) is 0.668. The summed E-state index contributed by atoms with van der Waals surface area (Å²) in [4.78, 5) is 26.3. The van der Waals surface area contributed by atoms with E-state index in [4.69, 9.17) is 9.84 Å². The third kappa shape index (κ3) is 7.87. The molecule has 0 saturated carbocycles. The Bertz CT molecular complexity index is 336. The molecule has 0 spiro atoms. The number of urea groups is 1. The van der Waals surface area contributed by atoms with Crippen molar-refractivity contribution in [3.8, 4) is 0 Å². The molecule has 21 heavy (non-hydrogen) atoms. The molecular weight excluding hydrogens is 274 g/mol. The average molecular weight is 301 g/mol. The molecule has 7 heteroatoms. The lowest BCUT2D eigenvalue weighted by molar-refractivity contribution is -0.138. The smallest absolute Gasteiger partial charge is 0.317 e. The maximum atomic E-state index is 12.0. The van der Waals surface area contributed by atoms with E-state index in [0.717, 1.165) is 6.42 Å². The van der Waals surface area contributed by atoms with Crippen LogP contribution in [-0.4, -0.2) is 79.4 Å². The van der Waals surface area contributed by atoms with Gasteiger partial charge in [0.1, 0.15) is 0 Å². The van der Waals surface area contributed by atoms with Crippen LogP contribution in [0.2, 0.25) is 0 Å². The average Bonchev–Trinajstić information content (AvgIpc) is 2.62. The number of rotatable bonds is 7. The number of hydrogen-bond donors (Lipinski definition) is 2. The lowest BCUT2D eigenvalue weighted by Gasteiger charge is -2.21. The van der Waals surface area contributed by atoms with Crippen LogP contribution in [-0.2, 0) is 9.53 Å². The van der Waals surface area contributed by atoms with Crippen LogP contribution in [0.5, 0.6) is 0 Å². The van der Waals surface area contributed by atoms with Gasteiger partial charge in [0.15, 0.2) is 0 Å². The number of nitrogens with zero attached hydrogens (tertiary/aromatic N) is 2. The fraction of sp³-hybridized carbons (Fsp3) is 0.857. The third-order valence-electron chi connectivity index (χ3n) is 3.21. The van der Waals surface area contributed by atoms with Gasteiger partial charge < -0.3 is 20.1 Å². The highest BCUT2D eigenvalue weighted by molar-refractivity contribution is 5.74. The fourth-order valence-electron chi connectivity index (χ4n) is 2.18. The van der Waals surface area contributed by atoms with E-state index in [-0.39, 0.29) is 12.6 Å². The Kier molecular flexibility index (Phi) is 8.07. The Hall–Kier alpha value is -1.34. The Balaban J connectivity index is 2.20. The Morgan fingerprint density at radius 1 is 1.24 bits per heavy atom. The molecule has 0 atom stereocenters. The molecule has 2 amide bonds. The minimum atomic E-state index is -0.824. The number of carboxylic acid groups (broad SMARTS) is 1. The van der Waals surface area contributed by atoms with Gasteiger partial charge in [-0.25, -0.2) is 4.79 Å². The Labute approximate surface area is 126 Å². The lowest BCUT2D eigenvalue weighted by Crippen LogP contribution is -2.43. The van der Waals surface area contributed by atoms with Crippen LogP contribution in [0, 0.1) is 5.92 Å². The number of amides is 2. The second-order valence-electron chi connectivity index (χ2n) is 5.71. The SMILES string of the molecule is CC(C)COCCNC(=O)N1CCCN(CC(=O)O)CC1. The molecule has 1 rings (SSSR count). The molecule has 7 nitrogen and oxygen atoms in total. The van der Waals surface area contributed by atoms with Gasteiger partial charge in [0, 0.05) is 39.3 Å². The van der Waals surface area contributed by atoms with Crippen molar-refractivity contribution >= 4 is 12.0 Å². The van der Waals surface area contributed by atoms with Gasteiger partial charge in [-0.2, -0.15) is 0 Å². The van der Waals surface area contributed by atoms with Crippen molar-refractivity contribution < 1.29 is 19.4 Å². The predicted molar refractivity (Wildman–Crippen MR) is 79.3 cm³/mol. The second kappa shape index (κ2) is 9.57. The van der Waals surface area contributed by atoms with Crippen LogP contribution in [0.15, 0.2) is 0 Å². The largest absolute Gasteiger partial charge is 0.480 e. The number of carbonyl (C=O) groups excluding carboxylic acids is 1. The monoisotopic (exact) mass is 301 g/mol. The van der Waals surface area contributed by atoms with Crippen molar-refractivity contribution in [1.82, 2.24) is 15.1 Å². The number of aliphatic carboxylic acids is 1. The van der Waals surface area contributed by atoms with Crippen molar-refractivity contribution in [2.24, 2.45) is 5.92 Å². The topological polar surface area (TPSA) is 82.1 Å². The van der Waals surface area contributed by atoms with E-state index in [2.05, 4.69) is 19.2 Å². The number of hydrogen-bond acceptors (Lipinski definition) is 4. The number of carbonyl (C=O) groups is 2. The van der Waals surface area contributed by atoms with Gasteiger partial charge in [0.25, 0.3) is 0 Å². The van der Waals surface area contributed by atoms with Gasteiger partial charge in [-0.05, 0) is 12.3 Å². The summed E-state index contributed by atoms with van der Waals surface area (Å²) in [5.74, 6) is -0.332. The lowest BCUT2D eigenvalue weighted by atomic mass is 10.2. The van der Waals surface area contributed by atoms with Crippen molar-refractivity contribution in [2.45, 2.75) is 20.3 Å². The number of nitrogens with one attached hydrogen (secondary N) is 1. The summed E-state index contributed by atoms with van der Waals surface area (Å²) in [5.41, 5.74) is 0. The van der Waals surface area contributed by atoms with Gasteiger partial charge in [-0.1, -0.05) is 13.8 Å². The summed E-state index contributed by atoms with van der Waals surface area (Å²) in [7, 11) is 0. The maximum Gasteiger partial charge on any atom is 0.317 e. The van der Waals surface area contributed by atoms with Crippen molar-refractivity contribution in [3.63, 3.8) is 0 Å². The van der Waals surface area contributed by atoms with Gasteiger partial charge in [0.05, 0.1) is 13.2 Å². The first-order chi connectivity index (χ1) is 9.99. The minimum Gasteiger partial charge on any atom is -0.480 e. The highest BCUT2D eigenvalue weighted by atomic mass is 16.5. The maximum absolute atomic E-state index is 12.0. The predicted octanol–water partition coefficient (Wildman–Crippen LogP) is 0.461. The molecule has 1 fully saturated rings. The molecule has 0 radical (unpaired) electrons. The van der Waals surface area contributed by atoms with Crippen molar-refractivity contribution in [2.75, 3.05) is 52.5 Å². The standard InChI is InChI=1S/C14H27N3O4/c1-12(2)11-21-9-4-15-14(20)17-6-3-5-16(7-8-17)10-13(18)19/h12H,3-11H2,1-2H3,(H,15,20)(H,18,19). The second-order valence-corrected chi connectivity index (χ2v) is 5.71. The molecule has 0 unspecified atom stereocenters. The highest BCUT2D eigenvalue weighted by Crippen LogP contribution is 2.03. The van der Waals surface area contributed by atoms with E-state index in [1.54, 1.807) is 4.90 Å². The first-order valence-corrected chi connectivity index (χ1v) is 7.53. The third-order valence-corrected chi connectivity index (χ3v) is 3.21. The number of carboxylic acids is 1. The van der Waals surface area contributed by atoms with Crippen molar-refractivity contribution in [1.29, 1.82) is 0 Å². The molecular formula is C14H27N3O4. The molecule has 1 aliphatic heterocycles. The zero-order valence-corrected chi connectivity index (χ0v) is 13.0. The summed E-state index contributed by atoms with van der Waals surface area (Å²) in [5, 5.41) is 11.6. The van der Waals surface area contributed by atoms with Crippen LogP contribution in [0.4, 0.5) is 4.79 Å². The molecule has 1 aliphatic rings. The number of ether oxygens (including phenoxy) is 1. The van der Waals surface area contributed by atoms with Crippen LogP contribution in [0.1, 0.15) is 20.3 Å². The molecule has 0 aliphatic carbocycles. The van der Waals surface area contributed by atoms with Gasteiger partial charge in [-0.3, -0.25) is 9.69 Å². The summed E-state index contributed by atoms with van der Waals surface area (Å²) >= 11 is 0. The Morgan fingerprint density at radius 3 is 2.67 bits per heavy atom. The van der Waals surface area contributed by atoms with Crippen LogP contribution >= 0.6 is 0 Å².